The summed E-state index contributed by atoms with van der Waals surface area (Å²) in [5.74, 6) is -0.526. The van der Waals surface area contributed by atoms with Crippen molar-refractivity contribution in [3.05, 3.63) is 59.4 Å². The highest BCUT2D eigenvalue weighted by molar-refractivity contribution is 7.89. The third kappa shape index (κ3) is 3.38. The van der Waals surface area contributed by atoms with E-state index in [0.717, 1.165) is 44.9 Å². The Balaban J connectivity index is 1.49. The first-order valence-electron chi connectivity index (χ1n) is 11.1. The standard InChI is InChI=1S/C24H27FN2O3S/c25-20-10-7-11-21-22(20)24(12-2-3-13-24)17-27(21)23(28)18-8-6-9-19(16-18)31(29,30)26-14-4-1-5-15-26/h6-11,16H,1-5,12-15,17H2. The second-order valence-corrected chi connectivity index (χ2v) is 10.9. The average molecular weight is 443 g/mol. The van der Waals surface area contributed by atoms with Crippen LogP contribution in [0.2, 0.25) is 0 Å². The normalized spacial score (nSPS) is 20.9. The monoisotopic (exact) mass is 442 g/mol. The van der Waals surface area contributed by atoms with Gasteiger partial charge in [-0.05, 0) is 56.0 Å². The lowest BCUT2D eigenvalue weighted by molar-refractivity contribution is 0.0984. The van der Waals surface area contributed by atoms with E-state index < -0.39 is 10.0 Å². The van der Waals surface area contributed by atoms with E-state index in [1.807, 2.05) is 0 Å². The summed E-state index contributed by atoms with van der Waals surface area (Å²) in [5, 5.41) is 0. The first kappa shape index (κ1) is 20.6. The lowest BCUT2D eigenvalue weighted by Crippen LogP contribution is -2.36. The molecule has 5 nitrogen and oxygen atoms in total. The van der Waals surface area contributed by atoms with Gasteiger partial charge in [-0.1, -0.05) is 31.4 Å². The van der Waals surface area contributed by atoms with Crippen molar-refractivity contribution >= 4 is 21.6 Å². The van der Waals surface area contributed by atoms with Crippen molar-refractivity contribution in [3.8, 4) is 0 Å². The molecule has 0 N–H and O–H groups in total. The number of amides is 1. The minimum atomic E-state index is -3.63. The molecular formula is C24H27FN2O3S. The number of nitrogens with zero attached hydrogens (tertiary/aromatic N) is 2. The lowest BCUT2D eigenvalue weighted by atomic mass is 9.80. The van der Waals surface area contributed by atoms with Crippen LogP contribution in [0.25, 0.3) is 0 Å². The zero-order valence-electron chi connectivity index (χ0n) is 17.5. The highest BCUT2D eigenvalue weighted by atomic mass is 32.2. The number of halogens is 1. The van der Waals surface area contributed by atoms with Gasteiger partial charge in [-0.15, -0.1) is 0 Å². The van der Waals surface area contributed by atoms with E-state index in [2.05, 4.69) is 0 Å². The molecule has 2 aliphatic heterocycles. The zero-order chi connectivity index (χ0) is 21.6. The highest BCUT2D eigenvalue weighted by Crippen LogP contribution is 2.51. The Morgan fingerprint density at radius 3 is 2.39 bits per heavy atom. The molecule has 0 aromatic heterocycles. The molecule has 1 spiro atoms. The molecule has 1 saturated carbocycles. The minimum absolute atomic E-state index is 0.148. The van der Waals surface area contributed by atoms with Gasteiger partial charge in [0, 0.05) is 36.2 Å². The highest BCUT2D eigenvalue weighted by Gasteiger charge is 2.48. The fourth-order valence-electron chi connectivity index (χ4n) is 5.57. The molecule has 3 aliphatic rings. The maximum Gasteiger partial charge on any atom is 0.258 e. The number of anilines is 1. The van der Waals surface area contributed by atoms with Crippen molar-refractivity contribution in [1.82, 2.24) is 4.31 Å². The number of carbonyl (C=O) groups is 1. The summed E-state index contributed by atoms with van der Waals surface area (Å²) < 4.78 is 42.5. The summed E-state index contributed by atoms with van der Waals surface area (Å²) in [6.07, 6.45) is 6.55. The van der Waals surface area contributed by atoms with Crippen LogP contribution in [0.1, 0.15) is 60.9 Å². The molecule has 31 heavy (non-hydrogen) atoms. The number of sulfonamides is 1. The Labute approximate surface area is 182 Å². The van der Waals surface area contributed by atoms with E-state index >= 15 is 0 Å². The molecule has 7 heteroatoms. The minimum Gasteiger partial charge on any atom is -0.307 e. The zero-order valence-corrected chi connectivity index (χ0v) is 18.3. The van der Waals surface area contributed by atoms with Crippen molar-refractivity contribution in [1.29, 1.82) is 0 Å². The smallest absolute Gasteiger partial charge is 0.258 e. The molecule has 0 atom stereocenters. The molecule has 2 aromatic rings. The van der Waals surface area contributed by atoms with Crippen molar-refractivity contribution in [2.45, 2.75) is 55.3 Å². The Bertz CT molecular complexity index is 1120. The van der Waals surface area contributed by atoms with Gasteiger partial charge >= 0.3 is 0 Å². The van der Waals surface area contributed by atoms with Gasteiger partial charge in [0.15, 0.2) is 0 Å². The van der Waals surface area contributed by atoms with Crippen LogP contribution in [0.5, 0.6) is 0 Å². The van der Waals surface area contributed by atoms with Crippen molar-refractivity contribution in [2.75, 3.05) is 24.5 Å². The Kier molecular flexibility index (Phi) is 5.13. The number of fused-ring (bicyclic) bond motifs is 2. The van der Waals surface area contributed by atoms with Crippen molar-refractivity contribution in [3.63, 3.8) is 0 Å². The SMILES string of the molecule is O=C(c1cccc(S(=O)(=O)N2CCCCC2)c1)N1CC2(CCCC2)c2c(F)cccc21. The molecule has 164 valence electrons. The van der Waals surface area contributed by atoms with Gasteiger partial charge in [-0.3, -0.25) is 4.79 Å². The van der Waals surface area contributed by atoms with Crippen LogP contribution in [0.4, 0.5) is 10.1 Å². The van der Waals surface area contributed by atoms with Gasteiger partial charge < -0.3 is 4.90 Å². The first-order valence-corrected chi connectivity index (χ1v) is 12.6. The summed E-state index contributed by atoms with van der Waals surface area (Å²) in [5.41, 5.74) is 1.27. The number of hydrogen-bond donors (Lipinski definition) is 0. The van der Waals surface area contributed by atoms with Crippen LogP contribution in [0.15, 0.2) is 47.4 Å². The maximum absolute atomic E-state index is 14.8. The molecule has 1 amide bonds. The summed E-state index contributed by atoms with van der Waals surface area (Å²) in [4.78, 5) is 15.3. The number of piperidine rings is 1. The summed E-state index contributed by atoms with van der Waals surface area (Å²) in [6, 6.07) is 11.2. The summed E-state index contributed by atoms with van der Waals surface area (Å²) in [6.45, 7) is 1.48. The van der Waals surface area contributed by atoms with Crippen LogP contribution in [0.3, 0.4) is 0 Å². The van der Waals surface area contributed by atoms with E-state index in [-0.39, 0.29) is 22.0 Å². The predicted octanol–water partition coefficient (Wildman–Crippen LogP) is 4.47. The van der Waals surface area contributed by atoms with Crippen LogP contribution < -0.4 is 4.90 Å². The predicted molar refractivity (Wildman–Crippen MR) is 117 cm³/mol. The molecule has 2 aromatic carbocycles. The molecule has 0 radical (unpaired) electrons. The average Bonchev–Trinajstić information content (AvgIpc) is 3.40. The Morgan fingerprint density at radius 2 is 1.65 bits per heavy atom. The molecule has 1 aliphatic carbocycles. The molecule has 2 fully saturated rings. The second-order valence-electron chi connectivity index (χ2n) is 9.01. The van der Waals surface area contributed by atoms with Gasteiger partial charge in [0.2, 0.25) is 10.0 Å². The topological polar surface area (TPSA) is 57.7 Å². The van der Waals surface area contributed by atoms with Crippen LogP contribution in [0, 0.1) is 5.82 Å². The number of hydrogen-bond acceptors (Lipinski definition) is 3. The molecule has 0 bridgehead atoms. The van der Waals surface area contributed by atoms with Crippen molar-refractivity contribution < 1.29 is 17.6 Å². The molecule has 1 saturated heterocycles. The fourth-order valence-corrected chi connectivity index (χ4v) is 7.13. The fraction of sp³-hybridized carbons (Fsp3) is 0.458. The summed E-state index contributed by atoms with van der Waals surface area (Å²) >= 11 is 0. The first-order chi connectivity index (χ1) is 14.9. The van der Waals surface area contributed by atoms with Gasteiger partial charge in [-0.2, -0.15) is 4.31 Å². The van der Waals surface area contributed by atoms with E-state index in [0.29, 0.717) is 36.4 Å². The molecule has 2 heterocycles. The van der Waals surface area contributed by atoms with Gasteiger partial charge in [-0.25, -0.2) is 12.8 Å². The van der Waals surface area contributed by atoms with E-state index in [1.165, 1.54) is 16.4 Å². The van der Waals surface area contributed by atoms with E-state index in [9.17, 15) is 17.6 Å². The number of benzene rings is 2. The largest absolute Gasteiger partial charge is 0.307 e. The van der Waals surface area contributed by atoms with Gasteiger partial charge in [0.1, 0.15) is 5.82 Å². The van der Waals surface area contributed by atoms with Gasteiger partial charge in [0.25, 0.3) is 5.91 Å². The number of rotatable bonds is 3. The number of carbonyl (C=O) groups excluding carboxylic acids is 1. The van der Waals surface area contributed by atoms with Crippen molar-refractivity contribution in [2.24, 2.45) is 0 Å². The maximum atomic E-state index is 14.8. The molecule has 5 rings (SSSR count). The molecular weight excluding hydrogens is 415 g/mol. The quantitative estimate of drug-likeness (QED) is 0.705. The Hall–Kier alpha value is -2.25. The summed E-state index contributed by atoms with van der Waals surface area (Å²) in [7, 11) is -3.63. The van der Waals surface area contributed by atoms with Crippen LogP contribution in [-0.4, -0.2) is 38.3 Å². The van der Waals surface area contributed by atoms with Crippen LogP contribution >= 0.6 is 0 Å². The van der Waals surface area contributed by atoms with E-state index in [1.54, 1.807) is 35.2 Å². The van der Waals surface area contributed by atoms with Crippen LogP contribution in [-0.2, 0) is 15.4 Å². The van der Waals surface area contributed by atoms with Gasteiger partial charge in [0.05, 0.1) is 10.6 Å². The lowest BCUT2D eigenvalue weighted by Gasteiger charge is -2.26. The third-order valence-corrected chi connectivity index (χ3v) is 9.01. The molecule has 0 unspecified atom stereocenters. The Morgan fingerprint density at radius 1 is 0.935 bits per heavy atom. The van der Waals surface area contributed by atoms with E-state index in [4.69, 9.17) is 0 Å². The third-order valence-electron chi connectivity index (χ3n) is 7.11. The second kappa shape index (κ2) is 7.71.